The lowest BCUT2D eigenvalue weighted by molar-refractivity contribution is -0.144. The van der Waals surface area contributed by atoms with E-state index in [1.807, 2.05) is 0 Å². The third kappa shape index (κ3) is 5.51. The molecule has 2 N–H and O–H groups in total. The van der Waals surface area contributed by atoms with Crippen LogP contribution in [0.5, 0.6) is 0 Å². The molecule has 0 aliphatic carbocycles. The summed E-state index contributed by atoms with van der Waals surface area (Å²) in [5, 5.41) is 0. The van der Waals surface area contributed by atoms with E-state index in [2.05, 4.69) is 4.74 Å². The molecule has 0 aromatic heterocycles. The molecule has 0 saturated heterocycles. The van der Waals surface area contributed by atoms with Crippen molar-refractivity contribution >= 4 is 22.7 Å². The number of rotatable bonds is 6. The number of esters is 1. The Balaban J connectivity index is 4.04. The Morgan fingerprint density at radius 1 is 1.27 bits per heavy atom. The van der Waals surface area contributed by atoms with Gasteiger partial charge in [-0.15, -0.1) is 0 Å². The molecule has 0 spiro atoms. The summed E-state index contributed by atoms with van der Waals surface area (Å²) < 4.78 is 16.0. The Bertz CT molecular complexity index is 267. The van der Waals surface area contributed by atoms with Crippen LogP contribution in [0.1, 0.15) is 13.8 Å². The van der Waals surface area contributed by atoms with Gasteiger partial charge < -0.3 is 10.5 Å². The van der Waals surface area contributed by atoms with E-state index >= 15 is 0 Å². The van der Waals surface area contributed by atoms with Gasteiger partial charge in [0.1, 0.15) is 0 Å². The summed E-state index contributed by atoms with van der Waals surface area (Å²) in [7, 11) is 0.0609. The van der Waals surface area contributed by atoms with E-state index < -0.39 is 34.5 Å². The number of methoxy groups -OCH3 is 1. The Morgan fingerprint density at radius 3 is 2.13 bits per heavy atom. The fourth-order valence-corrected chi connectivity index (χ4v) is 2.53. The van der Waals surface area contributed by atoms with Crippen LogP contribution in [0.25, 0.3) is 0 Å². The zero-order valence-electron chi connectivity index (χ0n) is 9.19. The largest absolute Gasteiger partial charge is 0.469 e. The van der Waals surface area contributed by atoms with Crippen molar-refractivity contribution in [2.45, 2.75) is 13.8 Å². The quantitative estimate of drug-likeness (QED) is 0.638. The zero-order valence-corrected chi connectivity index (χ0v) is 10.0. The van der Waals surface area contributed by atoms with Gasteiger partial charge in [-0.25, -0.2) is 0 Å². The van der Waals surface area contributed by atoms with Gasteiger partial charge in [0.25, 0.3) is 0 Å². The average molecular weight is 235 g/mol. The molecular formula is C9H17NO4S. The molecule has 0 aromatic carbocycles. The third-order valence-corrected chi connectivity index (χ3v) is 3.70. The number of amides is 1. The molecule has 3 unspecified atom stereocenters. The summed E-state index contributed by atoms with van der Waals surface area (Å²) in [6.07, 6.45) is 0. The van der Waals surface area contributed by atoms with Gasteiger partial charge >= 0.3 is 5.97 Å². The van der Waals surface area contributed by atoms with Crippen LogP contribution in [0.3, 0.4) is 0 Å². The minimum atomic E-state index is -1.22. The number of primary amides is 1. The second kappa shape index (κ2) is 6.55. The van der Waals surface area contributed by atoms with Crippen molar-refractivity contribution in [1.29, 1.82) is 0 Å². The van der Waals surface area contributed by atoms with Crippen LogP contribution in [0.2, 0.25) is 0 Å². The SMILES string of the molecule is COC(=O)C(C)CS(=O)CC(C)C(N)=O. The summed E-state index contributed by atoms with van der Waals surface area (Å²) in [5.74, 6) is -1.34. The van der Waals surface area contributed by atoms with Gasteiger partial charge in [-0.2, -0.15) is 0 Å². The molecule has 0 fully saturated rings. The van der Waals surface area contributed by atoms with Crippen molar-refractivity contribution in [3.8, 4) is 0 Å². The van der Waals surface area contributed by atoms with Crippen molar-refractivity contribution in [3.05, 3.63) is 0 Å². The smallest absolute Gasteiger partial charge is 0.309 e. The normalized spacial score (nSPS) is 16.5. The summed E-state index contributed by atoms with van der Waals surface area (Å²) in [5.41, 5.74) is 5.04. The van der Waals surface area contributed by atoms with Crippen LogP contribution in [0.4, 0.5) is 0 Å². The lowest BCUT2D eigenvalue weighted by Gasteiger charge is -2.10. The Labute approximate surface area is 91.8 Å². The maximum absolute atomic E-state index is 11.5. The number of hydrogen-bond acceptors (Lipinski definition) is 4. The van der Waals surface area contributed by atoms with Crippen LogP contribution in [0, 0.1) is 11.8 Å². The molecule has 0 bridgehead atoms. The number of carbonyl (C=O) groups is 2. The highest BCUT2D eigenvalue weighted by atomic mass is 32.2. The van der Waals surface area contributed by atoms with Crippen molar-refractivity contribution in [2.24, 2.45) is 17.6 Å². The van der Waals surface area contributed by atoms with E-state index in [9.17, 15) is 13.8 Å². The molecule has 0 radical (unpaired) electrons. The first-order valence-electron chi connectivity index (χ1n) is 4.60. The van der Waals surface area contributed by atoms with Crippen LogP contribution in [-0.2, 0) is 25.1 Å². The standard InChI is InChI=1S/C9H17NO4S/c1-6(8(10)11)4-15(13)5-7(2)9(12)14-3/h6-7H,4-5H2,1-3H3,(H2,10,11). The van der Waals surface area contributed by atoms with E-state index in [1.165, 1.54) is 7.11 Å². The minimum absolute atomic E-state index is 0.191. The van der Waals surface area contributed by atoms with Gasteiger partial charge in [0.05, 0.1) is 13.0 Å². The molecule has 0 aliphatic heterocycles. The Morgan fingerprint density at radius 2 is 1.73 bits per heavy atom. The summed E-state index contributed by atoms with van der Waals surface area (Å²) in [4.78, 5) is 21.7. The second-order valence-electron chi connectivity index (χ2n) is 3.50. The molecule has 3 atom stereocenters. The molecule has 0 saturated carbocycles. The zero-order chi connectivity index (χ0) is 12.0. The Hall–Kier alpha value is -0.910. The summed E-state index contributed by atoms with van der Waals surface area (Å²) in [6.45, 7) is 3.25. The number of ether oxygens (including phenoxy) is 1. The fraction of sp³-hybridized carbons (Fsp3) is 0.778. The molecule has 6 heteroatoms. The first-order chi connectivity index (χ1) is 6.88. The van der Waals surface area contributed by atoms with Crippen LogP contribution in [0.15, 0.2) is 0 Å². The van der Waals surface area contributed by atoms with Crippen LogP contribution in [-0.4, -0.2) is 34.7 Å². The van der Waals surface area contributed by atoms with Crippen LogP contribution >= 0.6 is 0 Å². The molecular weight excluding hydrogens is 218 g/mol. The van der Waals surface area contributed by atoms with Crippen molar-refractivity contribution in [2.75, 3.05) is 18.6 Å². The van der Waals surface area contributed by atoms with Gasteiger partial charge in [0.15, 0.2) is 0 Å². The number of nitrogens with two attached hydrogens (primary N) is 1. The topological polar surface area (TPSA) is 86.5 Å². The molecule has 5 nitrogen and oxygen atoms in total. The molecule has 15 heavy (non-hydrogen) atoms. The molecule has 88 valence electrons. The summed E-state index contributed by atoms with van der Waals surface area (Å²) >= 11 is 0. The fourth-order valence-electron chi connectivity index (χ4n) is 0.977. The van der Waals surface area contributed by atoms with Gasteiger partial charge in [0.2, 0.25) is 5.91 Å². The second-order valence-corrected chi connectivity index (χ2v) is 5.05. The van der Waals surface area contributed by atoms with Gasteiger partial charge in [-0.1, -0.05) is 13.8 Å². The molecule has 0 aromatic rings. The first-order valence-corrected chi connectivity index (χ1v) is 6.09. The van der Waals surface area contributed by atoms with E-state index in [0.717, 1.165) is 0 Å². The van der Waals surface area contributed by atoms with E-state index in [1.54, 1.807) is 13.8 Å². The van der Waals surface area contributed by atoms with E-state index in [-0.39, 0.29) is 11.5 Å². The first kappa shape index (κ1) is 14.1. The molecule has 0 heterocycles. The molecule has 0 aliphatic rings. The van der Waals surface area contributed by atoms with Crippen molar-refractivity contribution < 1.29 is 18.5 Å². The average Bonchev–Trinajstić information content (AvgIpc) is 2.15. The van der Waals surface area contributed by atoms with Crippen LogP contribution < -0.4 is 5.73 Å². The van der Waals surface area contributed by atoms with Gasteiger partial charge in [0, 0.05) is 28.2 Å². The Kier molecular flexibility index (Phi) is 6.15. The highest BCUT2D eigenvalue weighted by Gasteiger charge is 2.19. The van der Waals surface area contributed by atoms with E-state index in [4.69, 9.17) is 5.73 Å². The monoisotopic (exact) mass is 235 g/mol. The van der Waals surface area contributed by atoms with E-state index in [0.29, 0.717) is 0 Å². The van der Waals surface area contributed by atoms with Gasteiger partial charge in [-0.05, 0) is 0 Å². The predicted molar refractivity (Wildman–Crippen MR) is 57.4 cm³/mol. The number of carbonyl (C=O) groups excluding carboxylic acids is 2. The molecule has 1 amide bonds. The third-order valence-electron chi connectivity index (χ3n) is 1.96. The van der Waals surface area contributed by atoms with Crippen molar-refractivity contribution in [3.63, 3.8) is 0 Å². The minimum Gasteiger partial charge on any atom is -0.469 e. The maximum atomic E-state index is 11.5. The lowest BCUT2D eigenvalue weighted by atomic mass is 10.2. The summed E-state index contributed by atoms with van der Waals surface area (Å²) in [6, 6.07) is 0. The van der Waals surface area contributed by atoms with Gasteiger partial charge in [-0.3, -0.25) is 13.8 Å². The molecule has 0 rings (SSSR count). The highest BCUT2D eigenvalue weighted by Crippen LogP contribution is 2.04. The maximum Gasteiger partial charge on any atom is 0.309 e. The van der Waals surface area contributed by atoms with Crippen molar-refractivity contribution in [1.82, 2.24) is 0 Å². The number of hydrogen-bond donors (Lipinski definition) is 1. The lowest BCUT2D eigenvalue weighted by Crippen LogP contribution is -2.28. The highest BCUT2D eigenvalue weighted by molar-refractivity contribution is 7.85. The predicted octanol–water partition coefficient (Wildman–Crippen LogP) is -0.334.